The van der Waals surface area contributed by atoms with E-state index in [1.54, 1.807) is 12.1 Å². The van der Waals surface area contributed by atoms with Crippen LogP contribution in [0.25, 0.3) is 0 Å². The van der Waals surface area contributed by atoms with Crippen molar-refractivity contribution in [2.75, 3.05) is 46.2 Å². The van der Waals surface area contributed by atoms with Crippen molar-refractivity contribution in [3.8, 4) is 5.75 Å². The van der Waals surface area contributed by atoms with Crippen LogP contribution in [-0.2, 0) is 0 Å². The molecule has 5 heteroatoms. The van der Waals surface area contributed by atoms with E-state index >= 15 is 0 Å². The molecule has 5 nitrogen and oxygen atoms in total. The van der Waals surface area contributed by atoms with Crippen LogP contribution in [0.3, 0.4) is 0 Å². The standard InChI is InChI=1S/C21H29N3O2/c1-6-26-19-13-9-17(10-14-19)21(25)22-15-20(24(4)5)16-7-11-18(12-8-16)23(2)3/h7-14,20H,6,15H2,1-5H3,(H,22,25)/p+1/t20-/m1/s1. The number of anilines is 1. The SMILES string of the molecule is CCOc1ccc(C(=O)NC[C@H](c2ccc(N(C)C)cc2)[NH+](C)C)cc1. The largest absolute Gasteiger partial charge is 0.494 e. The molecule has 1 amide bonds. The van der Waals surface area contributed by atoms with Gasteiger partial charge in [-0.1, -0.05) is 12.1 Å². The second kappa shape index (κ2) is 9.25. The van der Waals surface area contributed by atoms with Crippen LogP contribution in [-0.4, -0.2) is 47.2 Å². The Morgan fingerprint density at radius 2 is 1.69 bits per heavy atom. The number of nitrogens with one attached hydrogen (secondary N) is 2. The molecule has 0 aliphatic heterocycles. The van der Waals surface area contributed by atoms with Gasteiger partial charge in [-0.3, -0.25) is 4.79 Å². The van der Waals surface area contributed by atoms with E-state index in [1.165, 1.54) is 16.2 Å². The zero-order chi connectivity index (χ0) is 19.1. The van der Waals surface area contributed by atoms with Crippen molar-refractivity contribution in [1.82, 2.24) is 5.32 Å². The quantitative estimate of drug-likeness (QED) is 0.758. The Labute approximate surface area is 156 Å². The van der Waals surface area contributed by atoms with Crippen LogP contribution in [0.2, 0.25) is 0 Å². The molecule has 2 aromatic carbocycles. The Morgan fingerprint density at radius 1 is 1.08 bits per heavy atom. The van der Waals surface area contributed by atoms with Crippen LogP contribution in [0, 0.1) is 0 Å². The minimum Gasteiger partial charge on any atom is -0.494 e. The Hall–Kier alpha value is -2.53. The first kappa shape index (κ1) is 19.8. The van der Waals surface area contributed by atoms with Gasteiger partial charge in [0.1, 0.15) is 11.8 Å². The van der Waals surface area contributed by atoms with Gasteiger partial charge < -0.3 is 19.9 Å². The second-order valence-electron chi connectivity index (χ2n) is 6.78. The molecule has 2 N–H and O–H groups in total. The van der Waals surface area contributed by atoms with Crippen molar-refractivity contribution < 1.29 is 14.4 Å². The zero-order valence-electron chi connectivity index (χ0n) is 16.4. The first-order chi connectivity index (χ1) is 12.4. The lowest BCUT2D eigenvalue weighted by Gasteiger charge is -2.23. The molecule has 0 heterocycles. The van der Waals surface area contributed by atoms with Crippen molar-refractivity contribution in [3.63, 3.8) is 0 Å². The maximum Gasteiger partial charge on any atom is 0.251 e. The molecule has 0 radical (unpaired) electrons. The van der Waals surface area contributed by atoms with Crippen LogP contribution in [0.1, 0.15) is 28.9 Å². The highest BCUT2D eigenvalue weighted by atomic mass is 16.5. The molecule has 0 spiro atoms. The Bertz CT molecular complexity index is 694. The van der Waals surface area contributed by atoms with Gasteiger partial charge in [-0.15, -0.1) is 0 Å². The first-order valence-electron chi connectivity index (χ1n) is 9.00. The lowest BCUT2D eigenvalue weighted by Crippen LogP contribution is -3.07. The van der Waals surface area contributed by atoms with Gasteiger partial charge in [-0.05, 0) is 43.3 Å². The highest BCUT2D eigenvalue weighted by molar-refractivity contribution is 5.94. The van der Waals surface area contributed by atoms with E-state index in [-0.39, 0.29) is 11.9 Å². The fourth-order valence-electron chi connectivity index (χ4n) is 2.83. The third-order valence-corrected chi connectivity index (χ3v) is 4.40. The van der Waals surface area contributed by atoms with Crippen LogP contribution in [0.4, 0.5) is 5.69 Å². The zero-order valence-corrected chi connectivity index (χ0v) is 16.4. The summed E-state index contributed by atoms with van der Waals surface area (Å²) in [4.78, 5) is 15.8. The van der Waals surface area contributed by atoms with Gasteiger partial charge >= 0.3 is 0 Å². The first-order valence-corrected chi connectivity index (χ1v) is 9.00. The summed E-state index contributed by atoms with van der Waals surface area (Å²) in [6, 6.07) is 15.9. The normalized spacial score (nSPS) is 11.9. The summed E-state index contributed by atoms with van der Waals surface area (Å²) >= 11 is 0. The number of ether oxygens (including phenoxy) is 1. The van der Waals surface area contributed by atoms with E-state index in [2.05, 4.69) is 48.6 Å². The van der Waals surface area contributed by atoms with Crippen molar-refractivity contribution in [1.29, 1.82) is 0 Å². The number of amides is 1. The second-order valence-corrected chi connectivity index (χ2v) is 6.78. The van der Waals surface area contributed by atoms with Crippen LogP contribution >= 0.6 is 0 Å². The monoisotopic (exact) mass is 356 g/mol. The number of carbonyl (C=O) groups is 1. The molecule has 2 rings (SSSR count). The minimum atomic E-state index is -0.0655. The highest BCUT2D eigenvalue weighted by Gasteiger charge is 2.19. The van der Waals surface area contributed by atoms with Gasteiger partial charge in [0.15, 0.2) is 0 Å². The van der Waals surface area contributed by atoms with Gasteiger partial charge in [-0.2, -0.15) is 0 Å². The van der Waals surface area contributed by atoms with E-state index in [0.29, 0.717) is 18.7 Å². The van der Waals surface area contributed by atoms with E-state index in [0.717, 1.165) is 5.75 Å². The van der Waals surface area contributed by atoms with Gasteiger partial charge in [0, 0.05) is 30.9 Å². The van der Waals surface area contributed by atoms with E-state index < -0.39 is 0 Å². The maximum atomic E-state index is 12.4. The van der Waals surface area contributed by atoms with Crippen molar-refractivity contribution in [3.05, 3.63) is 59.7 Å². The Morgan fingerprint density at radius 3 is 2.19 bits per heavy atom. The fourth-order valence-corrected chi connectivity index (χ4v) is 2.83. The lowest BCUT2D eigenvalue weighted by molar-refractivity contribution is -0.890. The molecule has 0 bridgehead atoms. The lowest BCUT2D eigenvalue weighted by atomic mass is 10.0. The summed E-state index contributed by atoms with van der Waals surface area (Å²) in [7, 11) is 8.27. The van der Waals surface area contributed by atoms with Crippen LogP contribution < -0.4 is 19.9 Å². The predicted molar refractivity (Wildman–Crippen MR) is 106 cm³/mol. The topological polar surface area (TPSA) is 46.0 Å². The number of likely N-dealkylation sites (N-methyl/N-ethyl adjacent to an activating group) is 1. The molecule has 1 atom stereocenters. The summed E-state index contributed by atoms with van der Waals surface area (Å²) in [5, 5.41) is 3.06. The predicted octanol–water partition coefficient (Wildman–Crippen LogP) is 1.77. The molecule has 0 fully saturated rings. The van der Waals surface area contributed by atoms with Gasteiger partial charge in [0.25, 0.3) is 5.91 Å². The molecule has 140 valence electrons. The molecule has 0 saturated carbocycles. The molecule has 0 aromatic heterocycles. The summed E-state index contributed by atoms with van der Waals surface area (Å²) in [5.41, 5.74) is 3.02. The molecule has 0 aliphatic rings. The number of hydrogen-bond donors (Lipinski definition) is 2. The Kier molecular flexibility index (Phi) is 7.04. The number of nitrogens with zero attached hydrogens (tertiary/aromatic N) is 1. The maximum absolute atomic E-state index is 12.4. The number of carbonyl (C=O) groups excluding carboxylic acids is 1. The summed E-state index contributed by atoms with van der Waals surface area (Å²) in [6.45, 7) is 3.14. The molecule has 0 saturated heterocycles. The molecular weight excluding hydrogens is 326 g/mol. The van der Waals surface area contributed by atoms with Crippen LogP contribution in [0.15, 0.2) is 48.5 Å². The third kappa shape index (κ3) is 5.23. The molecule has 2 aromatic rings. The molecule has 0 aliphatic carbocycles. The van der Waals surface area contributed by atoms with E-state index in [4.69, 9.17) is 4.74 Å². The van der Waals surface area contributed by atoms with E-state index in [9.17, 15) is 4.79 Å². The number of rotatable bonds is 8. The highest BCUT2D eigenvalue weighted by Crippen LogP contribution is 2.16. The van der Waals surface area contributed by atoms with Gasteiger partial charge in [-0.25, -0.2) is 0 Å². The molecule has 0 unspecified atom stereocenters. The van der Waals surface area contributed by atoms with Crippen LogP contribution in [0.5, 0.6) is 5.75 Å². The van der Waals surface area contributed by atoms with Crippen molar-refractivity contribution in [2.45, 2.75) is 13.0 Å². The average molecular weight is 356 g/mol. The summed E-state index contributed by atoms with van der Waals surface area (Å²) < 4.78 is 5.42. The number of benzene rings is 2. The minimum absolute atomic E-state index is 0.0655. The molecular formula is C21H30N3O2+. The fraction of sp³-hybridized carbons (Fsp3) is 0.381. The summed E-state index contributed by atoms with van der Waals surface area (Å²) in [5.74, 6) is 0.713. The number of quaternary nitrogens is 1. The van der Waals surface area contributed by atoms with E-state index in [1.807, 2.05) is 33.2 Å². The smallest absolute Gasteiger partial charge is 0.251 e. The average Bonchev–Trinajstić information content (AvgIpc) is 2.62. The third-order valence-electron chi connectivity index (χ3n) is 4.40. The van der Waals surface area contributed by atoms with Gasteiger partial charge in [0.2, 0.25) is 0 Å². The number of hydrogen-bond acceptors (Lipinski definition) is 3. The van der Waals surface area contributed by atoms with Gasteiger partial charge in [0.05, 0.1) is 27.2 Å². The van der Waals surface area contributed by atoms with Crippen molar-refractivity contribution >= 4 is 11.6 Å². The molecule has 26 heavy (non-hydrogen) atoms. The summed E-state index contributed by atoms with van der Waals surface area (Å²) in [6.07, 6.45) is 0. The Balaban J connectivity index is 2.02. The van der Waals surface area contributed by atoms with Crippen molar-refractivity contribution in [2.24, 2.45) is 0 Å².